The molecule has 1 aromatic rings. The number of rotatable bonds is 3. The minimum atomic E-state index is -2.53. The van der Waals surface area contributed by atoms with Crippen LogP contribution in [0.4, 0.5) is 8.78 Å². The van der Waals surface area contributed by atoms with Gasteiger partial charge in [-0.2, -0.15) is 0 Å². The number of nitrogens with one attached hydrogen (secondary N) is 1. The maximum absolute atomic E-state index is 13.3. The lowest BCUT2D eigenvalue weighted by atomic mass is 9.82. The lowest BCUT2D eigenvalue weighted by Gasteiger charge is -2.33. The molecule has 1 N–H and O–H groups in total. The normalized spacial score (nSPS) is 24.7. The number of aromatic nitrogens is 1. The van der Waals surface area contributed by atoms with E-state index in [9.17, 15) is 8.78 Å². The van der Waals surface area contributed by atoms with Gasteiger partial charge in [0.2, 0.25) is 11.8 Å². The highest BCUT2D eigenvalue weighted by molar-refractivity contribution is 9.10. The van der Waals surface area contributed by atoms with Crippen LogP contribution in [-0.2, 0) is 4.84 Å². The SMILES string of the molecule is COc1nc(C2=NC(C3CCC(F)(F)CC3)CON2)ccc1Br. The Hall–Kier alpha value is -1.28. The first-order valence-electron chi connectivity index (χ1n) is 7.53. The zero-order chi connectivity index (χ0) is 16.4. The van der Waals surface area contributed by atoms with Crippen LogP contribution in [0.15, 0.2) is 21.6 Å². The van der Waals surface area contributed by atoms with Gasteiger partial charge in [-0.3, -0.25) is 9.83 Å². The van der Waals surface area contributed by atoms with E-state index in [0.29, 0.717) is 36.9 Å². The molecule has 0 aromatic carbocycles. The molecule has 5 nitrogen and oxygen atoms in total. The second kappa shape index (κ2) is 6.68. The van der Waals surface area contributed by atoms with Crippen LogP contribution < -0.4 is 10.2 Å². The van der Waals surface area contributed by atoms with Crippen LogP contribution in [0.3, 0.4) is 0 Å². The number of amidine groups is 1. The monoisotopic (exact) mass is 389 g/mol. The number of pyridine rings is 1. The van der Waals surface area contributed by atoms with Crippen molar-refractivity contribution in [1.82, 2.24) is 10.5 Å². The number of hydrogen-bond acceptors (Lipinski definition) is 5. The van der Waals surface area contributed by atoms with E-state index in [-0.39, 0.29) is 24.8 Å². The Kier molecular flexibility index (Phi) is 4.82. The van der Waals surface area contributed by atoms with Gasteiger partial charge in [0.15, 0.2) is 5.84 Å². The first-order chi connectivity index (χ1) is 11.0. The third-order valence-electron chi connectivity index (χ3n) is 4.27. The Labute approximate surface area is 141 Å². The molecule has 1 unspecified atom stereocenters. The second-order valence-electron chi connectivity index (χ2n) is 5.84. The van der Waals surface area contributed by atoms with Crippen LogP contribution in [-0.4, -0.2) is 36.5 Å². The Balaban J connectivity index is 1.77. The Morgan fingerprint density at radius 1 is 1.35 bits per heavy atom. The average Bonchev–Trinajstić information content (AvgIpc) is 2.55. The molecule has 0 spiro atoms. The van der Waals surface area contributed by atoms with Gasteiger partial charge in [0.1, 0.15) is 5.69 Å². The first-order valence-corrected chi connectivity index (χ1v) is 8.32. The van der Waals surface area contributed by atoms with Crippen molar-refractivity contribution in [3.05, 3.63) is 22.3 Å². The molecule has 8 heteroatoms. The van der Waals surface area contributed by atoms with Crippen LogP contribution >= 0.6 is 15.9 Å². The molecule has 1 aliphatic carbocycles. The predicted octanol–water partition coefficient (Wildman–Crippen LogP) is 3.33. The molecular weight excluding hydrogens is 372 g/mol. The van der Waals surface area contributed by atoms with Gasteiger partial charge in [0, 0.05) is 12.8 Å². The van der Waals surface area contributed by atoms with E-state index < -0.39 is 5.92 Å². The molecule has 2 aliphatic rings. The molecule has 1 aliphatic heterocycles. The highest BCUT2D eigenvalue weighted by Crippen LogP contribution is 2.38. The van der Waals surface area contributed by atoms with Gasteiger partial charge in [-0.05, 0) is 46.8 Å². The largest absolute Gasteiger partial charge is 0.480 e. The van der Waals surface area contributed by atoms with Gasteiger partial charge in [-0.15, -0.1) is 0 Å². The molecule has 1 aromatic heterocycles. The Morgan fingerprint density at radius 2 is 2.09 bits per heavy atom. The van der Waals surface area contributed by atoms with E-state index in [1.165, 1.54) is 7.11 Å². The molecule has 1 saturated carbocycles. The number of hydroxylamine groups is 1. The third-order valence-corrected chi connectivity index (χ3v) is 4.88. The van der Waals surface area contributed by atoms with Crippen LogP contribution in [0, 0.1) is 5.92 Å². The summed E-state index contributed by atoms with van der Waals surface area (Å²) in [6.45, 7) is 0.382. The molecule has 2 heterocycles. The summed E-state index contributed by atoms with van der Waals surface area (Å²) >= 11 is 3.35. The zero-order valence-electron chi connectivity index (χ0n) is 12.7. The standard InChI is InChI=1S/C15H18BrF2N3O2/c1-22-14-10(16)2-3-11(20-14)13-19-12(8-23-21-13)9-4-6-15(17,18)7-5-9/h2-3,9,12H,4-8H2,1H3,(H,19,21). The average molecular weight is 390 g/mol. The minimum Gasteiger partial charge on any atom is -0.480 e. The lowest BCUT2D eigenvalue weighted by molar-refractivity contribution is -0.0543. The number of methoxy groups -OCH3 is 1. The van der Waals surface area contributed by atoms with Gasteiger partial charge in [0.05, 0.1) is 24.2 Å². The summed E-state index contributed by atoms with van der Waals surface area (Å²) in [6, 6.07) is 3.48. The fourth-order valence-electron chi connectivity index (χ4n) is 2.93. The molecule has 126 valence electrons. The predicted molar refractivity (Wildman–Crippen MR) is 84.8 cm³/mol. The molecule has 23 heavy (non-hydrogen) atoms. The molecule has 0 saturated heterocycles. The second-order valence-corrected chi connectivity index (χ2v) is 6.69. The maximum Gasteiger partial charge on any atom is 0.248 e. The van der Waals surface area contributed by atoms with Crippen molar-refractivity contribution in [3.8, 4) is 5.88 Å². The topological polar surface area (TPSA) is 55.7 Å². The first kappa shape index (κ1) is 16.6. The summed E-state index contributed by atoms with van der Waals surface area (Å²) < 4.78 is 32.5. The zero-order valence-corrected chi connectivity index (χ0v) is 14.3. The molecule has 0 radical (unpaired) electrons. The van der Waals surface area contributed by atoms with E-state index in [1.807, 2.05) is 6.07 Å². The fourth-order valence-corrected chi connectivity index (χ4v) is 3.31. The quantitative estimate of drug-likeness (QED) is 0.861. The summed E-state index contributed by atoms with van der Waals surface area (Å²) in [5.74, 6) is -1.46. The molecule has 3 rings (SSSR count). The van der Waals surface area contributed by atoms with Crippen molar-refractivity contribution in [2.24, 2.45) is 10.9 Å². The van der Waals surface area contributed by atoms with Crippen molar-refractivity contribution >= 4 is 21.8 Å². The summed E-state index contributed by atoms with van der Waals surface area (Å²) in [5.41, 5.74) is 3.35. The molecule has 1 fully saturated rings. The Morgan fingerprint density at radius 3 is 2.78 bits per heavy atom. The minimum absolute atomic E-state index is 0.0726. The van der Waals surface area contributed by atoms with Gasteiger partial charge >= 0.3 is 0 Å². The molecule has 0 amide bonds. The molecule has 0 bridgehead atoms. The van der Waals surface area contributed by atoms with E-state index in [0.717, 1.165) is 4.47 Å². The number of ether oxygens (including phenoxy) is 1. The van der Waals surface area contributed by atoms with Gasteiger partial charge in [0.25, 0.3) is 0 Å². The van der Waals surface area contributed by atoms with Crippen LogP contribution in [0.2, 0.25) is 0 Å². The molecular formula is C15H18BrF2N3O2. The Bertz CT molecular complexity index is 602. The number of alkyl halides is 2. The highest BCUT2D eigenvalue weighted by Gasteiger charge is 2.38. The van der Waals surface area contributed by atoms with Crippen LogP contribution in [0.1, 0.15) is 31.4 Å². The van der Waals surface area contributed by atoms with E-state index in [1.54, 1.807) is 6.07 Å². The highest BCUT2D eigenvalue weighted by atomic mass is 79.9. The number of nitrogens with zero attached hydrogens (tertiary/aromatic N) is 2. The summed E-state index contributed by atoms with van der Waals surface area (Å²) in [4.78, 5) is 14.4. The third kappa shape index (κ3) is 3.80. The number of halogens is 3. The van der Waals surface area contributed by atoms with Gasteiger partial charge < -0.3 is 4.74 Å². The summed E-state index contributed by atoms with van der Waals surface area (Å²) in [7, 11) is 1.54. The van der Waals surface area contributed by atoms with Crippen molar-refractivity contribution in [1.29, 1.82) is 0 Å². The number of aliphatic imine (C=N–C) groups is 1. The van der Waals surface area contributed by atoms with Gasteiger partial charge in [-0.1, -0.05) is 0 Å². The lowest BCUT2D eigenvalue weighted by Crippen LogP contribution is -2.41. The summed E-state index contributed by atoms with van der Waals surface area (Å²) in [6.07, 6.45) is 0.789. The van der Waals surface area contributed by atoms with E-state index in [2.05, 4.69) is 31.4 Å². The van der Waals surface area contributed by atoms with E-state index >= 15 is 0 Å². The fraction of sp³-hybridized carbons (Fsp3) is 0.600. The van der Waals surface area contributed by atoms with Crippen LogP contribution in [0.25, 0.3) is 0 Å². The smallest absolute Gasteiger partial charge is 0.248 e. The number of hydrogen-bond donors (Lipinski definition) is 1. The van der Waals surface area contributed by atoms with Gasteiger partial charge in [-0.25, -0.2) is 19.2 Å². The van der Waals surface area contributed by atoms with Crippen molar-refractivity contribution in [3.63, 3.8) is 0 Å². The van der Waals surface area contributed by atoms with E-state index in [4.69, 9.17) is 9.57 Å². The van der Waals surface area contributed by atoms with Crippen molar-refractivity contribution < 1.29 is 18.4 Å². The molecule has 1 atom stereocenters. The van der Waals surface area contributed by atoms with Crippen molar-refractivity contribution in [2.45, 2.75) is 37.6 Å². The van der Waals surface area contributed by atoms with Crippen molar-refractivity contribution in [2.75, 3.05) is 13.7 Å². The summed E-state index contributed by atoms with van der Waals surface area (Å²) in [5, 5.41) is 0. The van der Waals surface area contributed by atoms with Crippen LogP contribution in [0.5, 0.6) is 5.88 Å². The maximum atomic E-state index is 13.3.